The van der Waals surface area contributed by atoms with Crippen LogP contribution in [0.2, 0.25) is 0 Å². The van der Waals surface area contributed by atoms with Crippen LogP contribution >= 0.6 is 12.4 Å². The van der Waals surface area contributed by atoms with E-state index in [0.717, 1.165) is 13.0 Å². The molecule has 0 fully saturated rings. The fraction of sp³-hybridized carbons (Fsp3) is 0.833. The van der Waals surface area contributed by atoms with Crippen LogP contribution in [0.3, 0.4) is 0 Å². The first-order chi connectivity index (χ1) is 4.27. The number of halogens is 1. The summed E-state index contributed by atoms with van der Waals surface area (Å²) in [5, 5.41) is 0. The molecule has 0 radical (unpaired) electrons. The fourth-order valence-corrected chi connectivity index (χ4v) is 0.512. The first-order valence-corrected chi connectivity index (χ1v) is 2.95. The monoisotopic (exact) mass is 164 g/mol. The van der Waals surface area contributed by atoms with Crippen LogP contribution in [0.15, 0.2) is 4.99 Å². The zero-order valence-corrected chi connectivity index (χ0v) is 7.15. The van der Waals surface area contributed by atoms with Crippen LogP contribution in [0, 0.1) is 0 Å². The minimum atomic E-state index is 0. The molecule has 0 aliphatic rings. The Kier molecular flexibility index (Phi) is 10.6. The number of hydrogen-bond acceptors (Lipinski definition) is 3. The lowest BCUT2D eigenvalue weighted by Crippen LogP contribution is -2.13. The third-order valence-electron chi connectivity index (χ3n) is 0.940. The predicted octanol–water partition coefficient (Wildman–Crippen LogP) is 0.696. The number of isocyanates is 1. The number of aliphatic imine (C=N–C) groups is 1. The number of nitrogens with zero attached hydrogens (tertiary/aromatic N) is 2. The minimum absolute atomic E-state index is 0. The first kappa shape index (κ1) is 12.3. The maximum atomic E-state index is 9.54. The standard InChI is InChI=1S/C6H12N2O.ClH/c1-8(2)5-3-4-7-6-9;/h3-5H2,1-2H3;1H. The van der Waals surface area contributed by atoms with Crippen molar-refractivity contribution in [1.29, 1.82) is 0 Å². The molecule has 4 heteroatoms. The molecule has 0 aliphatic carbocycles. The van der Waals surface area contributed by atoms with Gasteiger partial charge in [0.2, 0.25) is 6.08 Å². The smallest absolute Gasteiger partial charge is 0.234 e. The van der Waals surface area contributed by atoms with Crippen molar-refractivity contribution >= 4 is 18.5 Å². The van der Waals surface area contributed by atoms with Crippen molar-refractivity contribution in [2.45, 2.75) is 6.42 Å². The van der Waals surface area contributed by atoms with E-state index >= 15 is 0 Å². The molecule has 0 saturated carbocycles. The molecule has 0 rings (SSSR count). The van der Waals surface area contributed by atoms with Gasteiger partial charge in [-0.15, -0.1) is 12.4 Å². The van der Waals surface area contributed by atoms with Gasteiger partial charge in [0.05, 0.1) is 6.54 Å². The van der Waals surface area contributed by atoms with Gasteiger partial charge in [-0.1, -0.05) is 0 Å². The predicted molar refractivity (Wildman–Crippen MR) is 43.4 cm³/mol. The molecule has 0 aliphatic heterocycles. The van der Waals surface area contributed by atoms with E-state index in [2.05, 4.69) is 9.89 Å². The van der Waals surface area contributed by atoms with Crippen LogP contribution in [0.25, 0.3) is 0 Å². The van der Waals surface area contributed by atoms with Crippen molar-refractivity contribution in [2.75, 3.05) is 27.2 Å². The third-order valence-corrected chi connectivity index (χ3v) is 0.940. The van der Waals surface area contributed by atoms with E-state index in [1.54, 1.807) is 0 Å². The molecule has 0 spiro atoms. The molecule has 0 N–H and O–H groups in total. The van der Waals surface area contributed by atoms with Gasteiger partial charge < -0.3 is 4.90 Å². The second kappa shape index (κ2) is 8.63. The molecule has 0 aromatic heterocycles. The van der Waals surface area contributed by atoms with Gasteiger partial charge >= 0.3 is 0 Å². The molecule has 0 heterocycles. The van der Waals surface area contributed by atoms with Crippen molar-refractivity contribution < 1.29 is 4.79 Å². The average molecular weight is 165 g/mol. The zero-order valence-electron chi connectivity index (χ0n) is 6.33. The number of hydrogen-bond donors (Lipinski definition) is 0. The van der Waals surface area contributed by atoms with Gasteiger partial charge in [-0.25, -0.2) is 9.79 Å². The Morgan fingerprint density at radius 3 is 2.50 bits per heavy atom. The highest BCUT2D eigenvalue weighted by Gasteiger charge is 1.86. The fourth-order valence-electron chi connectivity index (χ4n) is 0.512. The number of carbonyl (C=O) groups excluding carboxylic acids is 1. The van der Waals surface area contributed by atoms with Gasteiger partial charge in [-0.05, 0) is 27.1 Å². The quantitative estimate of drug-likeness (QED) is 0.348. The molecule has 0 atom stereocenters. The average Bonchev–Trinajstić information content (AvgIpc) is 1.80. The van der Waals surface area contributed by atoms with Gasteiger partial charge in [0.15, 0.2) is 0 Å². The molecule has 0 bridgehead atoms. The summed E-state index contributed by atoms with van der Waals surface area (Å²) < 4.78 is 0. The molecule has 0 unspecified atom stereocenters. The zero-order chi connectivity index (χ0) is 7.11. The van der Waals surface area contributed by atoms with E-state index < -0.39 is 0 Å². The van der Waals surface area contributed by atoms with E-state index in [1.807, 2.05) is 14.1 Å². The van der Waals surface area contributed by atoms with Gasteiger partial charge in [0.1, 0.15) is 0 Å². The highest BCUT2D eigenvalue weighted by molar-refractivity contribution is 5.85. The second-order valence-corrected chi connectivity index (χ2v) is 2.13. The van der Waals surface area contributed by atoms with E-state index in [4.69, 9.17) is 0 Å². The Labute approximate surface area is 67.5 Å². The van der Waals surface area contributed by atoms with E-state index in [-0.39, 0.29) is 12.4 Å². The van der Waals surface area contributed by atoms with E-state index in [9.17, 15) is 4.79 Å². The Morgan fingerprint density at radius 1 is 1.50 bits per heavy atom. The molecular formula is C6H13ClN2O. The summed E-state index contributed by atoms with van der Waals surface area (Å²) in [6.45, 7) is 1.58. The summed E-state index contributed by atoms with van der Waals surface area (Å²) >= 11 is 0. The second-order valence-electron chi connectivity index (χ2n) is 2.13. The van der Waals surface area contributed by atoms with Crippen LogP contribution in [0.1, 0.15) is 6.42 Å². The minimum Gasteiger partial charge on any atom is -0.309 e. The largest absolute Gasteiger partial charge is 0.309 e. The van der Waals surface area contributed by atoms with Gasteiger partial charge in [-0.3, -0.25) is 0 Å². The number of rotatable bonds is 4. The van der Waals surface area contributed by atoms with Crippen LogP contribution in [-0.4, -0.2) is 38.2 Å². The lowest BCUT2D eigenvalue weighted by molar-refractivity contribution is 0.403. The van der Waals surface area contributed by atoms with Gasteiger partial charge in [0.25, 0.3) is 0 Å². The highest BCUT2D eigenvalue weighted by Crippen LogP contribution is 1.81. The summed E-state index contributed by atoms with van der Waals surface area (Å²) in [6.07, 6.45) is 2.43. The summed E-state index contributed by atoms with van der Waals surface area (Å²) in [4.78, 5) is 15.0. The lowest BCUT2D eigenvalue weighted by atomic mass is 10.4. The summed E-state index contributed by atoms with van der Waals surface area (Å²) in [7, 11) is 3.98. The maximum Gasteiger partial charge on any atom is 0.234 e. The highest BCUT2D eigenvalue weighted by atomic mass is 35.5. The van der Waals surface area contributed by atoms with Crippen LogP contribution in [0.4, 0.5) is 0 Å². The first-order valence-electron chi connectivity index (χ1n) is 2.95. The normalized spacial score (nSPS) is 8.30. The topological polar surface area (TPSA) is 32.7 Å². The molecule has 0 aromatic rings. The Hall–Kier alpha value is -0.370. The van der Waals surface area contributed by atoms with Crippen LogP contribution in [-0.2, 0) is 4.79 Å². The molecular weight excluding hydrogens is 152 g/mol. The molecule has 60 valence electrons. The van der Waals surface area contributed by atoms with Crippen molar-refractivity contribution in [3.8, 4) is 0 Å². The maximum absolute atomic E-state index is 9.54. The summed E-state index contributed by atoms with van der Waals surface area (Å²) in [5.41, 5.74) is 0. The molecule has 3 nitrogen and oxygen atoms in total. The van der Waals surface area contributed by atoms with Crippen molar-refractivity contribution in [3.05, 3.63) is 0 Å². The molecule has 0 amide bonds. The van der Waals surface area contributed by atoms with Crippen molar-refractivity contribution in [3.63, 3.8) is 0 Å². The lowest BCUT2D eigenvalue weighted by Gasteiger charge is -2.05. The Morgan fingerprint density at radius 2 is 2.10 bits per heavy atom. The Balaban J connectivity index is 0. The van der Waals surface area contributed by atoms with E-state index in [0.29, 0.717) is 6.54 Å². The molecule has 10 heavy (non-hydrogen) atoms. The third kappa shape index (κ3) is 10.6. The van der Waals surface area contributed by atoms with Gasteiger partial charge in [-0.2, -0.15) is 0 Å². The summed E-state index contributed by atoms with van der Waals surface area (Å²) in [6, 6.07) is 0. The SMILES string of the molecule is CN(C)CCCN=C=O.Cl. The van der Waals surface area contributed by atoms with Crippen molar-refractivity contribution in [2.24, 2.45) is 4.99 Å². The summed E-state index contributed by atoms with van der Waals surface area (Å²) in [5.74, 6) is 0. The van der Waals surface area contributed by atoms with E-state index in [1.165, 1.54) is 6.08 Å². The van der Waals surface area contributed by atoms with Gasteiger partial charge in [0, 0.05) is 0 Å². The Bertz CT molecular complexity index is 110. The van der Waals surface area contributed by atoms with Crippen LogP contribution < -0.4 is 0 Å². The van der Waals surface area contributed by atoms with Crippen molar-refractivity contribution in [1.82, 2.24) is 4.90 Å². The molecule has 0 aromatic carbocycles. The molecule has 0 saturated heterocycles. The van der Waals surface area contributed by atoms with Crippen LogP contribution in [0.5, 0.6) is 0 Å².